The zero-order valence-corrected chi connectivity index (χ0v) is 20.9. The molecule has 0 unspecified atom stereocenters. The van der Waals surface area contributed by atoms with E-state index in [0.717, 1.165) is 6.07 Å². The highest BCUT2D eigenvalue weighted by atomic mass is 19.4. The van der Waals surface area contributed by atoms with Gasteiger partial charge in [0.2, 0.25) is 0 Å². The third-order valence-electron chi connectivity index (χ3n) is 6.08. The van der Waals surface area contributed by atoms with Crippen molar-refractivity contribution >= 4 is 39.8 Å². The fourth-order valence-corrected chi connectivity index (χ4v) is 4.16. The molecule has 39 heavy (non-hydrogen) atoms. The van der Waals surface area contributed by atoms with E-state index in [1.54, 1.807) is 29.2 Å². The predicted octanol–water partition coefficient (Wildman–Crippen LogP) is 3.82. The number of hydrogen-bond acceptors (Lipinski definition) is 9. The van der Waals surface area contributed by atoms with E-state index in [2.05, 4.69) is 25.3 Å². The summed E-state index contributed by atoms with van der Waals surface area (Å²) in [5.41, 5.74) is 0.356. The van der Waals surface area contributed by atoms with Crippen LogP contribution in [0.25, 0.3) is 10.9 Å². The van der Waals surface area contributed by atoms with Gasteiger partial charge in [-0.3, -0.25) is 9.59 Å². The van der Waals surface area contributed by atoms with Crippen molar-refractivity contribution in [1.29, 1.82) is 0 Å². The molecule has 204 valence electrons. The molecule has 4 rings (SSSR count). The van der Waals surface area contributed by atoms with E-state index in [1.165, 1.54) is 18.5 Å². The van der Waals surface area contributed by atoms with Crippen LogP contribution in [-0.2, 0) is 11.2 Å². The van der Waals surface area contributed by atoms with Crippen molar-refractivity contribution in [2.75, 3.05) is 28.6 Å². The van der Waals surface area contributed by atoms with Crippen molar-refractivity contribution in [2.24, 2.45) is 0 Å². The number of anilines is 4. The van der Waals surface area contributed by atoms with Crippen LogP contribution in [0, 0.1) is 0 Å². The van der Waals surface area contributed by atoms with E-state index >= 15 is 0 Å². The van der Waals surface area contributed by atoms with Gasteiger partial charge in [0.05, 0.1) is 5.52 Å². The molecule has 1 aromatic heterocycles. The molecule has 0 saturated heterocycles. The number of ether oxygens (including phenoxy) is 1. The molecule has 3 N–H and O–H groups in total. The van der Waals surface area contributed by atoms with Crippen LogP contribution in [-0.4, -0.2) is 46.5 Å². The van der Waals surface area contributed by atoms with Crippen molar-refractivity contribution in [3.05, 3.63) is 74.8 Å². The van der Waals surface area contributed by atoms with Gasteiger partial charge >= 0.3 is 12.3 Å². The van der Waals surface area contributed by atoms with E-state index < -0.39 is 35.0 Å². The molecule has 1 heterocycles. The highest BCUT2D eigenvalue weighted by Gasteiger charge is 2.31. The van der Waals surface area contributed by atoms with Gasteiger partial charge in [-0.15, -0.1) is 13.2 Å². The van der Waals surface area contributed by atoms with Gasteiger partial charge in [-0.25, -0.2) is 14.8 Å². The van der Waals surface area contributed by atoms with Crippen LogP contribution in [0.2, 0.25) is 0 Å². The van der Waals surface area contributed by atoms with Crippen molar-refractivity contribution in [2.45, 2.75) is 32.7 Å². The number of nitrogens with one attached hydrogen (secondary N) is 2. The van der Waals surface area contributed by atoms with Crippen LogP contribution >= 0.6 is 0 Å². The summed E-state index contributed by atoms with van der Waals surface area (Å²) in [4.78, 5) is 46.0. The van der Waals surface area contributed by atoms with Crippen LogP contribution in [0.4, 0.5) is 36.1 Å². The molecule has 1 atom stereocenters. The lowest BCUT2D eigenvalue weighted by Crippen LogP contribution is -2.45. The van der Waals surface area contributed by atoms with E-state index in [9.17, 15) is 32.7 Å². The normalized spacial score (nSPS) is 12.3. The number of rotatable bonds is 11. The van der Waals surface area contributed by atoms with E-state index in [0.29, 0.717) is 35.2 Å². The molecular formula is C26H24F3N5O5. The first kappa shape index (κ1) is 27.4. The number of carboxylic acids is 1. The van der Waals surface area contributed by atoms with Gasteiger partial charge < -0.3 is 25.4 Å². The molecule has 0 bridgehead atoms. The molecule has 0 radical (unpaired) electrons. The summed E-state index contributed by atoms with van der Waals surface area (Å²) in [5, 5.41) is 15.8. The van der Waals surface area contributed by atoms with Gasteiger partial charge in [-0.1, -0.05) is 12.1 Å². The first-order chi connectivity index (χ1) is 18.5. The smallest absolute Gasteiger partial charge is 0.480 e. The number of aliphatic carboxylic acids is 1. The quantitative estimate of drug-likeness (QED) is 0.240. The van der Waals surface area contributed by atoms with E-state index in [-0.39, 0.29) is 23.6 Å². The molecule has 10 nitrogen and oxygen atoms in total. The first-order valence-corrected chi connectivity index (χ1v) is 11.9. The number of alkyl halides is 3. The van der Waals surface area contributed by atoms with Crippen molar-refractivity contribution in [1.82, 2.24) is 9.97 Å². The summed E-state index contributed by atoms with van der Waals surface area (Å²) in [6.07, 6.45) is -3.57. The first-order valence-electron chi connectivity index (χ1n) is 11.9. The molecule has 0 saturated carbocycles. The molecule has 0 amide bonds. The zero-order chi connectivity index (χ0) is 28.3. The minimum absolute atomic E-state index is 0.00102. The summed E-state index contributed by atoms with van der Waals surface area (Å²) in [6, 6.07) is 9.17. The Balaban J connectivity index is 1.51. The summed E-state index contributed by atoms with van der Waals surface area (Å²) >= 11 is 0. The van der Waals surface area contributed by atoms with Gasteiger partial charge in [0.25, 0.3) is 10.9 Å². The molecule has 4 aromatic rings. The Labute approximate surface area is 219 Å². The summed E-state index contributed by atoms with van der Waals surface area (Å²) in [7, 11) is 0. The summed E-state index contributed by atoms with van der Waals surface area (Å²) in [5.74, 6) is -1.36. The molecule has 0 aliphatic rings. The fraction of sp³-hybridized carbons (Fsp3) is 0.269. The van der Waals surface area contributed by atoms with Crippen LogP contribution in [0.3, 0.4) is 0 Å². The number of fused-ring (bicyclic) bond motifs is 1. The lowest BCUT2D eigenvalue weighted by Gasteiger charge is -2.26. The maximum absolute atomic E-state index is 12.6. The van der Waals surface area contributed by atoms with Gasteiger partial charge in [0.1, 0.15) is 35.3 Å². The second kappa shape index (κ2) is 11.0. The second-order valence-corrected chi connectivity index (χ2v) is 8.56. The van der Waals surface area contributed by atoms with Crippen molar-refractivity contribution in [3.63, 3.8) is 0 Å². The van der Waals surface area contributed by atoms with Gasteiger partial charge in [-0.05, 0) is 49.7 Å². The van der Waals surface area contributed by atoms with Crippen LogP contribution in [0.15, 0.2) is 58.4 Å². The largest absolute Gasteiger partial charge is 0.573 e. The molecule has 0 aliphatic carbocycles. The van der Waals surface area contributed by atoms with Gasteiger partial charge in [0, 0.05) is 30.6 Å². The standard InChI is InChI=1S/C26H24F3N5O5/c1-3-34(4-2)21-20(22(35)23(21)36)33-19(25(37)38)11-14-5-7-15(8-6-14)32-24-17-12-16(39-26(27,28)29)9-10-18(17)30-13-31-24/h5-10,12-13,19,33H,3-4,11H2,1-2H3,(H,37,38)(H,30,31,32)/t19-/m0/s1. The molecule has 3 aromatic carbocycles. The Morgan fingerprint density at radius 3 is 2.36 bits per heavy atom. The lowest BCUT2D eigenvalue weighted by atomic mass is 10.0. The summed E-state index contributed by atoms with van der Waals surface area (Å²) in [6.45, 7) is 4.63. The highest BCUT2D eigenvalue weighted by molar-refractivity contribution is 5.91. The van der Waals surface area contributed by atoms with Gasteiger partial charge in [-0.2, -0.15) is 0 Å². The SMILES string of the molecule is CCN(CC)c1c(N[C@@H](Cc2ccc(Nc3ncnc4ccc(OC(F)(F)F)cc34)cc2)C(=O)O)c(=O)c1=O. The second-order valence-electron chi connectivity index (χ2n) is 8.56. The lowest BCUT2D eigenvalue weighted by molar-refractivity contribution is -0.274. The van der Waals surface area contributed by atoms with Crippen molar-refractivity contribution in [3.8, 4) is 5.75 Å². The predicted molar refractivity (Wildman–Crippen MR) is 140 cm³/mol. The van der Waals surface area contributed by atoms with Crippen LogP contribution in [0.1, 0.15) is 19.4 Å². The van der Waals surface area contributed by atoms with Crippen LogP contribution in [0.5, 0.6) is 5.75 Å². The molecule has 0 fully saturated rings. The average Bonchev–Trinajstić information content (AvgIpc) is 2.90. The molecule has 0 spiro atoms. The number of hydrogen-bond donors (Lipinski definition) is 3. The number of halogens is 3. The topological polar surface area (TPSA) is 134 Å². The number of carboxylic acid groups (broad SMARTS) is 1. The number of carbonyl (C=O) groups is 1. The minimum Gasteiger partial charge on any atom is -0.480 e. The molecular weight excluding hydrogens is 519 g/mol. The van der Waals surface area contributed by atoms with E-state index in [1.807, 2.05) is 13.8 Å². The number of nitrogens with zero attached hydrogens (tertiary/aromatic N) is 3. The fourth-order valence-electron chi connectivity index (χ4n) is 4.16. The van der Waals surface area contributed by atoms with E-state index in [4.69, 9.17) is 0 Å². The average molecular weight is 544 g/mol. The van der Waals surface area contributed by atoms with Gasteiger partial charge in [0.15, 0.2) is 0 Å². The monoisotopic (exact) mass is 543 g/mol. The van der Waals surface area contributed by atoms with Crippen molar-refractivity contribution < 1.29 is 27.8 Å². The minimum atomic E-state index is -4.85. The summed E-state index contributed by atoms with van der Waals surface area (Å²) < 4.78 is 41.9. The maximum Gasteiger partial charge on any atom is 0.573 e. The third-order valence-corrected chi connectivity index (χ3v) is 6.08. The highest BCUT2D eigenvalue weighted by Crippen LogP contribution is 2.30. The third kappa shape index (κ3) is 6.08. The number of benzene rings is 2. The Morgan fingerprint density at radius 2 is 1.74 bits per heavy atom. The zero-order valence-electron chi connectivity index (χ0n) is 20.9. The molecule has 13 heteroatoms. The Morgan fingerprint density at radius 1 is 1.05 bits per heavy atom. The molecule has 0 aliphatic heterocycles. The Hall–Kier alpha value is -4.68. The maximum atomic E-state index is 12.6. The van der Waals surface area contributed by atoms with Crippen LogP contribution < -0.4 is 31.1 Å². The Bertz CT molecular complexity index is 1560. The Kier molecular flexibility index (Phi) is 7.70. The number of aromatic nitrogens is 2.